The van der Waals surface area contributed by atoms with Gasteiger partial charge in [-0.25, -0.2) is 9.97 Å². The summed E-state index contributed by atoms with van der Waals surface area (Å²) in [6.07, 6.45) is 9.44. The minimum Gasteiger partial charge on any atom is -0.342 e. The highest BCUT2D eigenvalue weighted by molar-refractivity contribution is 5.79. The predicted octanol–water partition coefficient (Wildman–Crippen LogP) is 1.95. The van der Waals surface area contributed by atoms with E-state index in [1.54, 1.807) is 12.4 Å². The lowest BCUT2D eigenvalue weighted by Gasteiger charge is -2.34. The van der Waals surface area contributed by atoms with Gasteiger partial charge in [0.25, 0.3) is 0 Å². The first-order chi connectivity index (χ1) is 10.8. The lowest BCUT2D eigenvalue weighted by Crippen LogP contribution is -2.40. The summed E-state index contributed by atoms with van der Waals surface area (Å²) in [5, 5.41) is 0. The summed E-state index contributed by atoms with van der Waals surface area (Å²) in [4.78, 5) is 25.8. The molecule has 4 rings (SSSR count). The van der Waals surface area contributed by atoms with Crippen molar-refractivity contribution >= 4 is 11.9 Å². The first-order valence-electron chi connectivity index (χ1n) is 8.62. The predicted molar refractivity (Wildman–Crippen MR) is 84.4 cm³/mol. The maximum absolute atomic E-state index is 12.6. The maximum Gasteiger partial charge on any atom is 0.225 e. The number of piperidine rings is 1. The molecule has 3 heterocycles. The summed E-state index contributed by atoms with van der Waals surface area (Å²) in [6.45, 7) is 3.91. The normalized spacial score (nSPS) is 28.9. The van der Waals surface area contributed by atoms with Crippen LogP contribution in [0.25, 0.3) is 0 Å². The van der Waals surface area contributed by atoms with Crippen molar-refractivity contribution in [1.29, 1.82) is 0 Å². The third-order valence-electron chi connectivity index (χ3n) is 5.65. The largest absolute Gasteiger partial charge is 0.342 e. The van der Waals surface area contributed by atoms with Crippen LogP contribution in [0.15, 0.2) is 18.5 Å². The Kier molecular flexibility index (Phi) is 3.72. The lowest BCUT2D eigenvalue weighted by atomic mass is 9.89. The Labute approximate surface area is 131 Å². The average Bonchev–Trinajstić information content (AvgIpc) is 3.23. The molecule has 3 aliphatic rings. The molecule has 5 nitrogen and oxygen atoms in total. The van der Waals surface area contributed by atoms with Gasteiger partial charge in [-0.2, -0.15) is 0 Å². The number of fused-ring (bicyclic) bond motifs is 1. The van der Waals surface area contributed by atoms with E-state index in [1.807, 2.05) is 6.07 Å². The first-order valence-corrected chi connectivity index (χ1v) is 8.62. The minimum atomic E-state index is 0.314. The minimum absolute atomic E-state index is 0.314. The van der Waals surface area contributed by atoms with Gasteiger partial charge in [-0.05, 0) is 37.2 Å². The molecule has 0 bridgehead atoms. The second-order valence-electron chi connectivity index (χ2n) is 7.03. The van der Waals surface area contributed by atoms with E-state index in [9.17, 15) is 4.79 Å². The van der Waals surface area contributed by atoms with Crippen LogP contribution in [0.4, 0.5) is 5.95 Å². The SMILES string of the molecule is O=C(C1CCCC1)N1C[C@H]2CCN(c3ncccn3)C[C@H]2C1. The first kappa shape index (κ1) is 14.0. The second kappa shape index (κ2) is 5.86. The summed E-state index contributed by atoms with van der Waals surface area (Å²) in [5.74, 6) is 2.83. The molecule has 1 saturated carbocycles. The standard InChI is InChI=1S/C17H24N4O/c22-16(13-4-1-2-5-13)21-10-14-6-9-20(11-15(14)12-21)17-18-7-3-8-19-17/h3,7-8,13-15H,1-2,4-6,9-12H2/t14-,15+/m1/s1. The van der Waals surface area contributed by atoms with E-state index in [1.165, 1.54) is 12.8 Å². The Morgan fingerprint density at radius 2 is 1.73 bits per heavy atom. The summed E-state index contributed by atoms with van der Waals surface area (Å²) in [5.41, 5.74) is 0. The molecule has 1 amide bonds. The van der Waals surface area contributed by atoms with Gasteiger partial charge < -0.3 is 9.80 Å². The molecule has 118 valence electrons. The number of carbonyl (C=O) groups is 1. The van der Waals surface area contributed by atoms with Crippen LogP contribution < -0.4 is 4.90 Å². The van der Waals surface area contributed by atoms with Gasteiger partial charge in [-0.3, -0.25) is 4.79 Å². The van der Waals surface area contributed by atoms with Crippen LogP contribution in [0.5, 0.6) is 0 Å². The van der Waals surface area contributed by atoms with Crippen molar-refractivity contribution in [1.82, 2.24) is 14.9 Å². The molecule has 2 aliphatic heterocycles. The van der Waals surface area contributed by atoms with E-state index in [2.05, 4.69) is 19.8 Å². The second-order valence-corrected chi connectivity index (χ2v) is 7.03. The fourth-order valence-corrected chi connectivity index (χ4v) is 4.42. The maximum atomic E-state index is 12.6. The third kappa shape index (κ3) is 2.57. The van der Waals surface area contributed by atoms with Crippen molar-refractivity contribution in [2.45, 2.75) is 32.1 Å². The molecule has 2 atom stereocenters. The van der Waals surface area contributed by atoms with E-state index in [4.69, 9.17) is 0 Å². The van der Waals surface area contributed by atoms with E-state index in [-0.39, 0.29) is 0 Å². The topological polar surface area (TPSA) is 49.3 Å². The van der Waals surface area contributed by atoms with Gasteiger partial charge in [0.1, 0.15) is 0 Å². The monoisotopic (exact) mass is 300 g/mol. The summed E-state index contributed by atoms with van der Waals surface area (Å²) in [6, 6.07) is 1.85. The molecule has 0 N–H and O–H groups in total. The molecule has 0 radical (unpaired) electrons. The van der Waals surface area contributed by atoms with Gasteiger partial charge in [-0.1, -0.05) is 12.8 Å². The quantitative estimate of drug-likeness (QED) is 0.837. The molecule has 0 unspecified atom stereocenters. The van der Waals surface area contributed by atoms with E-state index in [0.717, 1.165) is 51.4 Å². The Hall–Kier alpha value is -1.65. The van der Waals surface area contributed by atoms with Crippen LogP contribution in [-0.4, -0.2) is 47.0 Å². The third-order valence-corrected chi connectivity index (χ3v) is 5.65. The van der Waals surface area contributed by atoms with Crippen molar-refractivity contribution < 1.29 is 4.79 Å². The molecule has 1 aromatic rings. The summed E-state index contributed by atoms with van der Waals surface area (Å²) >= 11 is 0. The molecule has 2 saturated heterocycles. The number of rotatable bonds is 2. The molecule has 0 spiro atoms. The van der Waals surface area contributed by atoms with Gasteiger partial charge >= 0.3 is 0 Å². The van der Waals surface area contributed by atoms with E-state index >= 15 is 0 Å². The van der Waals surface area contributed by atoms with Crippen LogP contribution in [0.1, 0.15) is 32.1 Å². The highest BCUT2D eigenvalue weighted by atomic mass is 16.2. The summed E-state index contributed by atoms with van der Waals surface area (Å²) < 4.78 is 0. The highest BCUT2D eigenvalue weighted by Crippen LogP contribution is 2.35. The lowest BCUT2D eigenvalue weighted by molar-refractivity contribution is -0.134. The van der Waals surface area contributed by atoms with Crippen molar-refractivity contribution in [3.05, 3.63) is 18.5 Å². The van der Waals surface area contributed by atoms with Gasteiger partial charge in [0.05, 0.1) is 0 Å². The van der Waals surface area contributed by atoms with E-state index in [0.29, 0.717) is 23.7 Å². The zero-order chi connectivity index (χ0) is 14.9. The van der Waals surface area contributed by atoms with Gasteiger partial charge in [0.2, 0.25) is 11.9 Å². The Morgan fingerprint density at radius 3 is 2.50 bits per heavy atom. The van der Waals surface area contributed by atoms with Gasteiger partial charge in [0, 0.05) is 44.5 Å². The number of hydrogen-bond donors (Lipinski definition) is 0. The van der Waals surface area contributed by atoms with Gasteiger partial charge in [0.15, 0.2) is 0 Å². The fourth-order valence-electron chi connectivity index (χ4n) is 4.42. The van der Waals surface area contributed by atoms with Crippen molar-refractivity contribution in [2.24, 2.45) is 17.8 Å². The molecule has 22 heavy (non-hydrogen) atoms. The Morgan fingerprint density at radius 1 is 1.00 bits per heavy atom. The zero-order valence-corrected chi connectivity index (χ0v) is 13.0. The van der Waals surface area contributed by atoms with Crippen LogP contribution in [0.3, 0.4) is 0 Å². The summed E-state index contributed by atoms with van der Waals surface area (Å²) in [7, 11) is 0. The number of amides is 1. The van der Waals surface area contributed by atoms with Crippen molar-refractivity contribution in [3.63, 3.8) is 0 Å². The van der Waals surface area contributed by atoms with Crippen molar-refractivity contribution in [3.8, 4) is 0 Å². The van der Waals surface area contributed by atoms with Crippen LogP contribution in [0, 0.1) is 17.8 Å². The van der Waals surface area contributed by atoms with Crippen molar-refractivity contribution in [2.75, 3.05) is 31.1 Å². The number of hydrogen-bond acceptors (Lipinski definition) is 4. The number of nitrogens with zero attached hydrogens (tertiary/aromatic N) is 4. The molecule has 5 heteroatoms. The average molecular weight is 300 g/mol. The van der Waals surface area contributed by atoms with Crippen LogP contribution in [0.2, 0.25) is 0 Å². The van der Waals surface area contributed by atoms with Gasteiger partial charge in [-0.15, -0.1) is 0 Å². The zero-order valence-electron chi connectivity index (χ0n) is 13.0. The smallest absolute Gasteiger partial charge is 0.225 e. The van der Waals surface area contributed by atoms with E-state index < -0.39 is 0 Å². The Bertz CT molecular complexity index is 529. The number of carbonyl (C=O) groups excluding carboxylic acids is 1. The molecule has 3 fully saturated rings. The number of aromatic nitrogens is 2. The molecular formula is C17H24N4O. The fraction of sp³-hybridized carbons (Fsp3) is 0.706. The molecular weight excluding hydrogens is 276 g/mol. The molecule has 1 aliphatic carbocycles. The molecule has 0 aromatic carbocycles. The number of likely N-dealkylation sites (tertiary alicyclic amines) is 1. The van der Waals surface area contributed by atoms with Crippen LogP contribution >= 0.6 is 0 Å². The van der Waals surface area contributed by atoms with Crippen LogP contribution in [-0.2, 0) is 4.79 Å². The highest BCUT2D eigenvalue weighted by Gasteiger charge is 2.41. The molecule has 1 aromatic heterocycles. The number of anilines is 1. The Balaban J connectivity index is 1.40.